The van der Waals surface area contributed by atoms with E-state index in [4.69, 9.17) is 4.74 Å². The van der Waals surface area contributed by atoms with E-state index < -0.39 is 39.9 Å². The summed E-state index contributed by atoms with van der Waals surface area (Å²) >= 11 is 1.05. The monoisotopic (exact) mass is 498 g/mol. The Bertz CT molecular complexity index is 1310. The Labute approximate surface area is 201 Å². The van der Waals surface area contributed by atoms with Gasteiger partial charge in [0, 0.05) is 13.0 Å². The quantitative estimate of drug-likeness (QED) is 0.279. The van der Waals surface area contributed by atoms with Crippen LogP contribution in [0.3, 0.4) is 0 Å². The molecule has 0 spiro atoms. The zero-order valence-corrected chi connectivity index (χ0v) is 20.1. The molecule has 1 aromatic heterocycles. The van der Waals surface area contributed by atoms with Gasteiger partial charge < -0.3 is 4.74 Å². The predicted octanol–water partition coefficient (Wildman–Crippen LogP) is 3.76. The summed E-state index contributed by atoms with van der Waals surface area (Å²) in [6, 6.07) is 16.1. The molecule has 1 saturated heterocycles. The first-order chi connectivity index (χ1) is 16.2. The van der Waals surface area contributed by atoms with E-state index in [9.17, 15) is 22.8 Å². The molecule has 10 heteroatoms. The molecule has 2 amide bonds. The Morgan fingerprint density at radius 1 is 1.06 bits per heavy atom. The van der Waals surface area contributed by atoms with Gasteiger partial charge in [-0.3, -0.25) is 14.4 Å². The first-order valence-corrected chi connectivity index (χ1v) is 12.8. The molecule has 8 nitrogen and oxygen atoms in total. The van der Waals surface area contributed by atoms with Crippen LogP contribution in [0.2, 0.25) is 0 Å². The van der Waals surface area contributed by atoms with Crippen LogP contribution in [0.4, 0.5) is 5.69 Å². The van der Waals surface area contributed by atoms with Crippen molar-refractivity contribution in [3.8, 4) is 5.75 Å². The molecule has 2 aromatic carbocycles. The average Bonchev–Trinajstić information content (AvgIpc) is 3.44. The van der Waals surface area contributed by atoms with Crippen LogP contribution in [-0.4, -0.2) is 36.5 Å². The van der Waals surface area contributed by atoms with Gasteiger partial charge in [0.2, 0.25) is 5.91 Å². The highest BCUT2D eigenvalue weighted by Gasteiger charge is 2.49. The van der Waals surface area contributed by atoms with Gasteiger partial charge in [-0.15, -0.1) is 11.3 Å². The zero-order chi connectivity index (χ0) is 24.5. The maximum atomic E-state index is 13.6. The maximum absolute atomic E-state index is 13.6. The third-order valence-corrected chi connectivity index (χ3v) is 8.83. The second-order valence-electron chi connectivity index (χ2n) is 7.73. The van der Waals surface area contributed by atoms with Gasteiger partial charge >= 0.3 is 5.97 Å². The number of amides is 2. The topological polar surface area (TPSA) is 101 Å². The van der Waals surface area contributed by atoms with Gasteiger partial charge in [-0.05, 0) is 48.2 Å². The second kappa shape index (κ2) is 9.49. The third kappa shape index (κ3) is 4.52. The number of carbonyl (C=O) groups excluding carboxylic acids is 3. The van der Waals surface area contributed by atoms with E-state index in [0.29, 0.717) is 5.56 Å². The lowest BCUT2D eigenvalue weighted by Gasteiger charge is -2.32. The third-order valence-electron chi connectivity index (χ3n) is 5.48. The average molecular weight is 499 g/mol. The summed E-state index contributed by atoms with van der Waals surface area (Å²) in [5.74, 6) is -1.37. The number of sulfonamides is 1. The van der Waals surface area contributed by atoms with Gasteiger partial charge in [0.15, 0.2) is 0 Å². The summed E-state index contributed by atoms with van der Waals surface area (Å²) in [6.07, 6.45) is -0.285. The number of hydrogen-bond donors (Lipinski definition) is 0. The molecule has 4 rings (SSSR count). The fourth-order valence-corrected chi connectivity index (χ4v) is 6.81. The zero-order valence-electron chi connectivity index (χ0n) is 18.5. The highest BCUT2D eigenvalue weighted by molar-refractivity contribution is 7.91. The van der Waals surface area contributed by atoms with Gasteiger partial charge in [-0.25, -0.2) is 13.3 Å². The molecule has 2 atom stereocenters. The van der Waals surface area contributed by atoms with E-state index in [1.807, 2.05) is 6.07 Å². The lowest BCUT2D eigenvalue weighted by Crippen LogP contribution is -2.46. The number of ether oxygens (including phenoxy) is 1. The SMILES string of the molecule is CC(=O)Oc1ccc(N2C(=O)CC(N(C(C)c3ccccc3)S(=O)(=O)c3cccs3)C2=O)cc1. The Hall–Kier alpha value is -3.34. The Morgan fingerprint density at radius 2 is 1.74 bits per heavy atom. The number of nitrogens with zero attached hydrogens (tertiary/aromatic N) is 2. The van der Waals surface area contributed by atoms with Crippen LogP contribution in [0, 0.1) is 0 Å². The van der Waals surface area contributed by atoms with Gasteiger partial charge in [0.05, 0.1) is 12.1 Å². The van der Waals surface area contributed by atoms with Crippen molar-refractivity contribution >= 4 is 44.8 Å². The number of esters is 1. The van der Waals surface area contributed by atoms with Crippen LogP contribution in [0.15, 0.2) is 76.3 Å². The molecule has 2 heterocycles. The second-order valence-corrected chi connectivity index (χ2v) is 10.7. The van der Waals surface area contributed by atoms with Crippen LogP contribution < -0.4 is 9.64 Å². The Morgan fingerprint density at radius 3 is 2.32 bits per heavy atom. The number of rotatable bonds is 7. The summed E-state index contributed by atoms with van der Waals surface area (Å²) in [5, 5.41) is 1.65. The van der Waals surface area contributed by atoms with Gasteiger partial charge in [-0.1, -0.05) is 36.4 Å². The van der Waals surface area contributed by atoms with E-state index in [2.05, 4.69) is 0 Å². The lowest BCUT2D eigenvalue weighted by molar-refractivity contribution is -0.132. The van der Waals surface area contributed by atoms with E-state index in [1.54, 1.807) is 42.6 Å². The molecule has 1 aliphatic heterocycles. The highest BCUT2D eigenvalue weighted by Crippen LogP contribution is 2.36. The largest absolute Gasteiger partial charge is 0.427 e. The van der Waals surface area contributed by atoms with Crippen LogP contribution >= 0.6 is 11.3 Å². The smallest absolute Gasteiger partial charge is 0.308 e. The molecule has 34 heavy (non-hydrogen) atoms. The molecule has 1 fully saturated rings. The summed E-state index contributed by atoms with van der Waals surface area (Å²) in [4.78, 5) is 38.6. The van der Waals surface area contributed by atoms with E-state index in [1.165, 1.54) is 37.3 Å². The van der Waals surface area contributed by atoms with Crippen molar-refractivity contribution in [2.45, 2.75) is 36.6 Å². The summed E-state index contributed by atoms with van der Waals surface area (Å²) < 4.78 is 33.5. The molecule has 0 bridgehead atoms. The van der Waals surface area contributed by atoms with Crippen LogP contribution in [0.1, 0.15) is 31.9 Å². The number of hydrogen-bond acceptors (Lipinski definition) is 7. The summed E-state index contributed by atoms with van der Waals surface area (Å²) in [6.45, 7) is 2.97. The molecule has 2 unspecified atom stereocenters. The molecule has 0 aliphatic carbocycles. The number of benzene rings is 2. The van der Waals surface area contributed by atoms with Crippen molar-refractivity contribution in [3.05, 3.63) is 77.7 Å². The molecule has 0 radical (unpaired) electrons. The standard InChI is InChI=1S/C24H22N2O6S2/c1-16(18-7-4-3-5-8-18)26(34(30,31)23-9-6-14-33-23)21-15-22(28)25(24(21)29)19-10-12-20(13-11-19)32-17(2)27/h3-14,16,21H,15H2,1-2H3. The van der Waals surface area contributed by atoms with Crippen molar-refractivity contribution in [3.63, 3.8) is 0 Å². The summed E-state index contributed by atoms with van der Waals surface area (Å²) in [5.41, 5.74) is 0.973. The van der Waals surface area contributed by atoms with E-state index in [0.717, 1.165) is 20.5 Å². The van der Waals surface area contributed by atoms with Crippen molar-refractivity contribution in [2.24, 2.45) is 0 Å². The fraction of sp³-hybridized carbons (Fsp3) is 0.208. The van der Waals surface area contributed by atoms with Crippen LogP contribution in [-0.2, 0) is 24.4 Å². The van der Waals surface area contributed by atoms with Crippen LogP contribution in [0.5, 0.6) is 5.75 Å². The first-order valence-electron chi connectivity index (χ1n) is 10.5. The van der Waals surface area contributed by atoms with Crippen LogP contribution in [0.25, 0.3) is 0 Å². The number of carbonyl (C=O) groups is 3. The Kier molecular flexibility index (Phi) is 6.65. The molecular weight excluding hydrogens is 476 g/mol. The minimum atomic E-state index is -4.08. The van der Waals surface area contributed by atoms with Crippen molar-refractivity contribution in [2.75, 3.05) is 4.90 Å². The van der Waals surface area contributed by atoms with E-state index in [-0.39, 0.29) is 22.1 Å². The molecule has 0 N–H and O–H groups in total. The van der Waals surface area contributed by atoms with Crippen molar-refractivity contribution in [1.82, 2.24) is 4.31 Å². The minimum absolute atomic E-state index is 0.0970. The molecule has 1 aliphatic rings. The van der Waals surface area contributed by atoms with Crippen molar-refractivity contribution < 1.29 is 27.5 Å². The number of anilines is 1. The molecular formula is C24H22N2O6S2. The highest BCUT2D eigenvalue weighted by atomic mass is 32.2. The summed E-state index contributed by atoms with van der Waals surface area (Å²) in [7, 11) is -4.08. The molecule has 176 valence electrons. The number of thiophene rings is 1. The molecule has 3 aromatic rings. The fourth-order valence-electron chi connectivity index (χ4n) is 3.95. The van der Waals surface area contributed by atoms with E-state index >= 15 is 0 Å². The maximum Gasteiger partial charge on any atom is 0.308 e. The number of imide groups is 1. The van der Waals surface area contributed by atoms with Gasteiger partial charge in [0.1, 0.15) is 16.0 Å². The first kappa shape index (κ1) is 23.8. The minimum Gasteiger partial charge on any atom is -0.427 e. The van der Waals surface area contributed by atoms with Gasteiger partial charge in [-0.2, -0.15) is 4.31 Å². The molecule has 0 saturated carbocycles. The predicted molar refractivity (Wildman–Crippen MR) is 127 cm³/mol. The van der Waals surface area contributed by atoms with Crippen molar-refractivity contribution in [1.29, 1.82) is 0 Å². The van der Waals surface area contributed by atoms with Gasteiger partial charge in [0.25, 0.3) is 15.9 Å². The lowest BCUT2D eigenvalue weighted by atomic mass is 10.1. The Balaban J connectivity index is 1.72. The normalized spacial score (nSPS) is 17.3.